The van der Waals surface area contributed by atoms with Crippen LogP contribution in [0.4, 0.5) is 10.5 Å². The lowest BCUT2D eigenvalue weighted by molar-refractivity contribution is -0.124. The monoisotopic (exact) mass is 309 g/mol. The fourth-order valence-electron chi connectivity index (χ4n) is 1.51. The van der Waals surface area contributed by atoms with Gasteiger partial charge in [-0.05, 0) is 35.0 Å². The maximum Gasteiger partial charge on any atom is 0.368 e. The summed E-state index contributed by atoms with van der Waals surface area (Å²) in [5.41, 5.74) is 0.459. The molecule has 92 valence electrons. The van der Waals surface area contributed by atoms with Gasteiger partial charge in [-0.2, -0.15) is 9.98 Å². The van der Waals surface area contributed by atoms with Crippen LogP contribution in [-0.4, -0.2) is 17.7 Å². The maximum absolute atomic E-state index is 11.4. The number of amides is 3. The molecule has 0 unspecified atom stereocenters. The molecule has 0 spiro atoms. The highest BCUT2D eigenvalue weighted by Gasteiger charge is 2.11. The molecule has 1 aromatic rings. The average molecular weight is 310 g/mol. The Hall–Kier alpha value is -1.89. The van der Waals surface area contributed by atoms with E-state index in [4.69, 9.17) is 0 Å². The molecule has 18 heavy (non-hydrogen) atoms. The number of carbonyl (C=O) groups excluding carboxylic acids is 3. The third-order valence-electron chi connectivity index (χ3n) is 2.16. The van der Waals surface area contributed by atoms with Crippen molar-refractivity contribution in [2.75, 3.05) is 5.32 Å². The zero-order valence-corrected chi connectivity index (χ0v) is 10.9. The molecule has 0 aliphatic carbocycles. The van der Waals surface area contributed by atoms with E-state index in [-0.39, 0.29) is 12.2 Å². The standard InChI is InChI=1S/C11H8BrN3O3/c1-5(16)2-9(17)13-6-3-7(12)10-8(4-6)14-11(18)15-10/h3-4H,2H2,1H3,(H,13,17). The lowest BCUT2D eigenvalue weighted by Crippen LogP contribution is -2.25. The Balaban J connectivity index is 2.31. The number of nitrogens with one attached hydrogen (secondary N) is 1. The molecule has 0 saturated heterocycles. The number of urea groups is 1. The van der Waals surface area contributed by atoms with Crippen LogP contribution in [0.1, 0.15) is 13.3 Å². The number of benzene rings is 1. The topological polar surface area (TPSA) is 88.0 Å². The van der Waals surface area contributed by atoms with Gasteiger partial charge in [0.05, 0.1) is 11.8 Å². The summed E-state index contributed by atoms with van der Waals surface area (Å²) in [5.74, 6) is -0.627. The predicted octanol–water partition coefficient (Wildman–Crippen LogP) is 0.739. The van der Waals surface area contributed by atoms with Crippen molar-refractivity contribution in [3.05, 3.63) is 27.3 Å². The Labute approximate surface area is 110 Å². The van der Waals surface area contributed by atoms with Crippen molar-refractivity contribution in [2.24, 2.45) is 9.98 Å². The van der Waals surface area contributed by atoms with Crippen LogP contribution in [0.15, 0.2) is 26.6 Å². The Bertz CT molecular complexity index is 682. The van der Waals surface area contributed by atoms with Crippen LogP contribution >= 0.6 is 15.9 Å². The molecular weight excluding hydrogens is 302 g/mol. The highest BCUT2D eigenvalue weighted by molar-refractivity contribution is 9.10. The zero-order valence-electron chi connectivity index (χ0n) is 9.36. The Morgan fingerprint density at radius 3 is 2.72 bits per heavy atom. The number of fused-ring (bicyclic) bond motifs is 1. The van der Waals surface area contributed by atoms with E-state index < -0.39 is 11.9 Å². The number of ketones is 1. The highest BCUT2D eigenvalue weighted by Crippen LogP contribution is 2.11. The van der Waals surface area contributed by atoms with E-state index in [0.29, 0.717) is 20.9 Å². The summed E-state index contributed by atoms with van der Waals surface area (Å²) in [6.07, 6.45) is -0.185. The molecular formula is C11H8BrN3O3. The number of halogens is 1. The van der Waals surface area contributed by atoms with Gasteiger partial charge >= 0.3 is 6.03 Å². The van der Waals surface area contributed by atoms with Gasteiger partial charge in [0.15, 0.2) is 0 Å². The van der Waals surface area contributed by atoms with Gasteiger partial charge in [0, 0.05) is 10.2 Å². The fraction of sp³-hybridized carbons (Fsp3) is 0.182. The number of hydrogen-bond acceptors (Lipinski definition) is 3. The number of anilines is 1. The number of rotatable bonds is 3. The quantitative estimate of drug-likeness (QED) is 0.835. The first-order valence-corrected chi connectivity index (χ1v) is 5.85. The predicted molar refractivity (Wildman–Crippen MR) is 65.8 cm³/mol. The molecule has 0 bridgehead atoms. The molecule has 7 heteroatoms. The smallest absolute Gasteiger partial charge is 0.326 e. The summed E-state index contributed by atoms with van der Waals surface area (Å²) in [6, 6.07) is 2.57. The second-order valence-electron chi connectivity index (χ2n) is 3.76. The normalized spacial score (nSPS) is 12.4. The first-order valence-electron chi connectivity index (χ1n) is 5.06. The molecule has 1 aliphatic rings. The molecule has 6 nitrogen and oxygen atoms in total. The fourth-order valence-corrected chi connectivity index (χ4v) is 2.05. The first-order chi connectivity index (χ1) is 8.45. The van der Waals surface area contributed by atoms with Crippen LogP contribution in [0.25, 0.3) is 0 Å². The molecule has 0 aromatic heterocycles. The van der Waals surface area contributed by atoms with E-state index in [1.54, 1.807) is 6.07 Å². The SMILES string of the molecule is CC(=O)CC(=O)Nc1cc(Br)c2c(c1)=NC(=O)N=2. The van der Waals surface area contributed by atoms with E-state index >= 15 is 0 Å². The molecule has 1 aromatic carbocycles. The van der Waals surface area contributed by atoms with Crippen LogP contribution in [-0.2, 0) is 9.59 Å². The van der Waals surface area contributed by atoms with Gasteiger partial charge in [0.2, 0.25) is 5.91 Å². The molecule has 0 saturated carbocycles. The van der Waals surface area contributed by atoms with E-state index in [0.717, 1.165) is 0 Å². The third kappa shape index (κ3) is 2.67. The number of carbonyl (C=O) groups is 3. The summed E-state index contributed by atoms with van der Waals surface area (Å²) in [6.45, 7) is 1.34. The third-order valence-corrected chi connectivity index (χ3v) is 2.76. The average Bonchev–Trinajstić information content (AvgIpc) is 2.57. The van der Waals surface area contributed by atoms with Crippen molar-refractivity contribution in [1.29, 1.82) is 0 Å². The molecule has 3 amide bonds. The van der Waals surface area contributed by atoms with Crippen molar-refractivity contribution in [1.82, 2.24) is 0 Å². The second kappa shape index (κ2) is 4.77. The zero-order chi connectivity index (χ0) is 13.3. The minimum absolute atomic E-state index is 0.185. The lowest BCUT2D eigenvalue weighted by atomic mass is 10.2. The van der Waals surface area contributed by atoms with Crippen molar-refractivity contribution < 1.29 is 14.4 Å². The summed E-state index contributed by atoms with van der Waals surface area (Å²) < 4.78 is 0.563. The van der Waals surface area contributed by atoms with Crippen LogP contribution in [0.5, 0.6) is 0 Å². The van der Waals surface area contributed by atoms with Crippen LogP contribution in [0.2, 0.25) is 0 Å². The van der Waals surface area contributed by atoms with Gasteiger partial charge in [0.25, 0.3) is 0 Å². The summed E-state index contributed by atoms with van der Waals surface area (Å²) in [5, 5.41) is 3.40. The minimum Gasteiger partial charge on any atom is -0.326 e. The maximum atomic E-state index is 11.4. The van der Waals surface area contributed by atoms with E-state index in [9.17, 15) is 14.4 Å². The Morgan fingerprint density at radius 2 is 2.06 bits per heavy atom. The second-order valence-corrected chi connectivity index (χ2v) is 4.61. The van der Waals surface area contributed by atoms with Crippen molar-refractivity contribution in [2.45, 2.75) is 13.3 Å². The molecule has 1 heterocycles. The molecule has 2 rings (SSSR count). The number of Topliss-reactive ketones (excluding diaryl/α,β-unsaturated/α-hetero) is 1. The van der Waals surface area contributed by atoms with Gasteiger partial charge in [-0.15, -0.1) is 0 Å². The van der Waals surface area contributed by atoms with Crippen molar-refractivity contribution >= 4 is 39.3 Å². The van der Waals surface area contributed by atoms with Gasteiger partial charge in [-0.25, -0.2) is 4.79 Å². The van der Waals surface area contributed by atoms with Crippen LogP contribution in [0, 0.1) is 0 Å². The number of nitrogens with zero attached hydrogens (tertiary/aromatic N) is 2. The molecule has 0 fully saturated rings. The van der Waals surface area contributed by atoms with Gasteiger partial charge in [0.1, 0.15) is 11.1 Å². The molecule has 1 aliphatic heterocycles. The minimum atomic E-state index is -0.571. The van der Waals surface area contributed by atoms with Crippen LogP contribution in [0.3, 0.4) is 0 Å². The molecule has 1 N–H and O–H groups in total. The summed E-state index contributed by atoms with van der Waals surface area (Å²) >= 11 is 3.24. The van der Waals surface area contributed by atoms with E-state index in [1.807, 2.05) is 0 Å². The molecule has 0 radical (unpaired) electrons. The first kappa shape index (κ1) is 12.6. The lowest BCUT2D eigenvalue weighted by Gasteiger charge is -2.03. The summed E-state index contributed by atoms with van der Waals surface area (Å²) in [7, 11) is 0. The molecule has 0 atom stereocenters. The van der Waals surface area contributed by atoms with Crippen LogP contribution < -0.4 is 16.0 Å². The van der Waals surface area contributed by atoms with E-state index in [2.05, 4.69) is 31.2 Å². The van der Waals surface area contributed by atoms with Gasteiger partial charge in [-0.1, -0.05) is 0 Å². The van der Waals surface area contributed by atoms with Gasteiger partial charge in [-0.3, -0.25) is 9.59 Å². The Morgan fingerprint density at radius 1 is 1.33 bits per heavy atom. The summed E-state index contributed by atoms with van der Waals surface area (Å²) in [4.78, 5) is 40.7. The Kier molecular flexibility index (Phi) is 3.33. The van der Waals surface area contributed by atoms with Crippen molar-refractivity contribution in [3.8, 4) is 0 Å². The highest BCUT2D eigenvalue weighted by atomic mass is 79.9. The number of hydrogen-bond donors (Lipinski definition) is 1. The van der Waals surface area contributed by atoms with Crippen molar-refractivity contribution in [3.63, 3.8) is 0 Å². The van der Waals surface area contributed by atoms with Gasteiger partial charge < -0.3 is 5.32 Å². The largest absolute Gasteiger partial charge is 0.368 e. The van der Waals surface area contributed by atoms with E-state index in [1.165, 1.54) is 13.0 Å².